The van der Waals surface area contributed by atoms with Gasteiger partial charge in [0.1, 0.15) is 10.6 Å². The molecule has 1 aromatic heterocycles. The lowest BCUT2D eigenvalue weighted by atomic mass is 10.3. The molecule has 1 N–H and O–H groups in total. The second kappa shape index (κ2) is 5.41. The van der Waals surface area contributed by atoms with E-state index in [1.807, 2.05) is 0 Å². The fourth-order valence-electron chi connectivity index (χ4n) is 1.38. The summed E-state index contributed by atoms with van der Waals surface area (Å²) in [5.74, 6) is -3.13. The Kier molecular flexibility index (Phi) is 4.16. The van der Waals surface area contributed by atoms with Crippen LogP contribution in [0.1, 0.15) is 12.6 Å². The molecule has 0 fully saturated rings. The van der Waals surface area contributed by atoms with Crippen LogP contribution in [0.3, 0.4) is 0 Å². The predicted molar refractivity (Wildman–Crippen MR) is 80.0 cm³/mol. The third kappa shape index (κ3) is 3.01. The Hall–Kier alpha value is -1.01. The quantitative estimate of drug-likeness (QED) is 0.754. The number of hydrogen-bond acceptors (Lipinski definition) is 4. The van der Waals surface area contributed by atoms with E-state index in [2.05, 4.69) is 14.9 Å². The van der Waals surface area contributed by atoms with Gasteiger partial charge in [-0.15, -0.1) is 9.90 Å². The molecule has 1 aromatic rings. The molecule has 0 saturated carbocycles. The number of hydrogen-bond donors (Lipinski definition) is 1. The van der Waals surface area contributed by atoms with Crippen LogP contribution in [0.25, 0.3) is 5.70 Å². The molecule has 2 rings (SSSR count). The van der Waals surface area contributed by atoms with Crippen LogP contribution in [0.15, 0.2) is 21.3 Å². The van der Waals surface area contributed by atoms with Gasteiger partial charge in [0.05, 0.1) is 6.20 Å². The fraction of sp³-hybridized carbons (Fsp3) is 0.300. The summed E-state index contributed by atoms with van der Waals surface area (Å²) in [5, 5.41) is 7.37. The van der Waals surface area contributed by atoms with E-state index in [4.69, 9.17) is 0 Å². The highest BCUT2D eigenvalue weighted by Crippen LogP contribution is 2.28. The van der Waals surface area contributed by atoms with Crippen LogP contribution in [0.4, 0.5) is 8.78 Å². The number of allylic oxidation sites excluding steroid dienone is 2. The first kappa shape index (κ1) is 15.4. The van der Waals surface area contributed by atoms with Crippen LogP contribution in [-0.2, 0) is 15.9 Å². The zero-order valence-corrected chi connectivity index (χ0v) is 13.5. The third-order valence-corrected chi connectivity index (χ3v) is 6.05. The largest absolute Gasteiger partial charge is 0.290 e. The van der Waals surface area contributed by atoms with E-state index in [-0.39, 0.29) is 10.6 Å². The van der Waals surface area contributed by atoms with Crippen molar-refractivity contribution in [3.63, 3.8) is 0 Å². The van der Waals surface area contributed by atoms with Crippen molar-refractivity contribution in [3.05, 3.63) is 27.0 Å². The van der Waals surface area contributed by atoms with Crippen LogP contribution in [0.2, 0.25) is 0 Å². The summed E-state index contributed by atoms with van der Waals surface area (Å²) in [6.07, 6.45) is 2.46. The van der Waals surface area contributed by atoms with Gasteiger partial charge >= 0.3 is 0 Å². The standard InChI is InChI=1S/C10H11F2IN4O2S/c1-10(11,12)9-6-15-17(16-9)7-3-4-13-5-8(7)20(18,19)14-2/h3-6,14H,1-2H3. The number of sulfonamides is 1. The van der Waals surface area contributed by atoms with Gasteiger partial charge in [0, 0.05) is 6.92 Å². The maximum atomic E-state index is 13.1. The summed E-state index contributed by atoms with van der Waals surface area (Å²) in [6, 6.07) is 0. The zero-order valence-electron chi connectivity index (χ0n) is 10.5. The minimum absolute atomic E-state index is 0.0110. The van der Waals surface area contributed by atoms with Crippen molar-refractivity contribution in [1.82, 2.24) is 19.7 Å². The van der Waals surface area contributed by atoms with Crippen molar-refractivity contribution < 1.29 is 17.2 Å². The molecular weight excluding hydrogens is 405 g/mol. The van der Waals surface area contributed by atoms with E-state index in [1.165, 1.54) is 13.1 Å². The summed E-state index contributed by atoms with van der Waals surface area (Å²) >= 11 is -0.533. The summed E-state index contributed by atoms with van der Waals surface area (Å²) in [4.78, 5) is 0.921. The highest BCUT2D eigenvalue weighted by molar-refractivity contribution is 14.2. The van der Waals surface area contributed by atoms with E-state index in [0.29, 0.717) is 6.92 Å². The molecule has 2 heterocycles. The zero-order chi connectivity index (χ0) is 15.0. The molecule has 0 spiro atoms. The van der Waals surface area contributed by atoms with Crippen molar-refractivity contribution >= 4 is 40.5 Å². The third-order valence-electron chi connectivity index (χ3n) is 2.42. The Balaban J connectivity index is 2.47. The average Bonchev–Trinajstić information content (AvgIpc) is 2.88. The molecule has 0 radical (unpaired) electrons. The summed E-state index contributed by atoms with van der Waals surface area (Å²) < 4.78 is 55.7. The first-order valence-corrected chi connectivity index (χ1v) is 9.34. The Labute approximate surface area is 124 Å². The molecule has 6 nitrogen and oxygen atoms in total. The molecule has 0 saturated heterocycles. The lowest BCUT2D eigenvalue weighted by Gasteiger charge is -2.12. The van der Waals surface area contributed by atoms with E-state index in [1.54, 1.807) is 8.09 Å². The molecular formula is C10H11F2IN4O2S. The van der Waals surface area contributed by atoms with E-state index >= 15 is 0 Å². The first-order valence-electron chi connectivity index (χ1n) is 5.36. The number of halogens is 3. The highest BCUT2D eigenvalue weighted by Gasteiger charge is 2.30. The minimum Gasteiger partial charge on any atom is -0.214 e. The van der Waals surface area contributed by atoms with Gasteiger partial charge in [0.15, 0.2) is 5.69 Å². The maximum Gasteiger partial charge on any atom is 0.290 e. The number of nitrogens with zero attached hydrogens (tertiary/aromatic N) is 3. The SMILES string of the molecule is CNS(=O)(=O)C1=CI=CC=C1n1ncc(C(C)(F)F)n1. The number of alkyl halides is 2. The Morgan fingerprint density at radius 3 is 2.70 bits per heavy atom. The van der Waals surface area contributed by atoms with E-state index in [9.17, 15) is 17.2 Å². The maximum absolute atomic E-state index is 13.1. The topological polar surface area (TPSA) is 76.9 Å². The lowest BCUT2D eigenvalue weighted by molar-refractivity contribution is 0.0124. The molecule has 0 aromatic carbocycles. The highest BCUT2D eigenvalue weighted by atomic mass is 127. The molecule has 0 atom stereocenters. The van der Waals surface area contributed by atoms with Crippen molar-refractivity contribution in [1.29, 1.82) is 0 Å². The smallest absolute Gasteiger partial charge is 0.214 e. The van der Waals surface area contributed by atoms with Crippen LogP contribution in [0.5, 0.6) is 0 Å². The van der Waals surface area contributed by atoms with Crippen molar-refractivity contribution in [2.24, 2.45) is 0 Å². The molecule has 20 heavy (non-hydrogen) atoms. The van der Waals surface area contributed by atoms with Gasteiger partial charge in [-0.2, -0.15) is 13.9 Å². The number of rotatable bonds is 4. The van der Waals surface area contributed by atoms with Gasteiger partial charge in [0.25, 0.3) is 5.92 Å². The van der Waals surface area contributed by atoms with Gasteiger partial charge in [-0.05, 0) is 21.2 Å². The predicted octanol–water partition coefficient (Wildman–Crippen LogP) is 1.41. The molecule has 0 amide bonds. The van der Waals surface area contributed by atoms with Gasteiger partial charge in [-0.1, -0.05) is 20.7 Å². The molecule has 1 aliphatic heterocycles. The van der Waals surface area contributed by atoms with Crippen LogP contribution < -0.4 is 4.72 Å². The minimum atomic E-state index is -3.68. The average molecular weight is 416 g/mol. The summed E-state index contributed by atoms with van der Waals surface area (Å²) in [6.45, 7) is 0.704. The van der Waals surface area contributed by atoms with Crippen LogP contribution in [-0.4, -0.2) is 34.5 Å². The molecule has 0 aliphatic carbocycles. The van der Waals surface area contributed by atoms with Gasteiger partial charge in [0.2, 0.25) is 10.0 Å². The van der Waals surface area contributed by atoms with Gasteiger partial charge in [-0.3, -0.25) is 0 Å². The second-order valence-electron chi connectivity index (χ2n) is 3.89. The van der Waals surface area contributed by atoms with Crippen molar-refractivity contribution in [2.45, 2.75) is 12.8 Å². The van der Waals surface area contributed by atoms with Crippen LogP contribution in [0, 0.1) is 0 Å². The number of aromatic nitrogens is 3. The van der Waals surface area contributed by atoms with Crippen LogP contribution >= 0.6 is 20.7 Å². The van der Waals surface area contributed by atoms with E-state index in [0.717, 1.165) is 11.0 Å². The monoisotopic (exact) mass is 416 g/mol. The van der Waals surface area contributed by atoms with Crippen molar-refractivity contribution in [3.8, 4) is 0 Å². The molecule has 10 heteroatoms. The van der Waals surface area contributed by atoms with Crippen molar-refractivity contribution in [2.75, 3.05) is 7.05 Å². The van der Waals surface area contributed by atoms with E-state index < -0.39 is 42.4 Å². The molecule has 0 bridgehead atoms. The van der Waals surface area contributed by atoms with Gasteiger partial charge in [-0.25, -0.2) is 13.1 Å². The van der Waals surface area contributed by atoms with Gasteiger partial charge < -0.3 is 0 Å². The first-order chi connectivity index (χ1) is 9.25. The summed E-state index contributed by atoms with van der Waals surface area (Å²) in [5.41, 5.74) is -0.360. The summed E-state index contributed by atoms with van der Waals surface area (Å²) in [7, 11) is -2.40. The Bertz CT molecular complexity index is 716. The Morgan fingerprint density at radius 1 is 1.45 bits per heavy atom. The molecule has 110 valence electrons. The second-order valence-corrected chi connectivity index (χ2v) is 7.81. The molecule has 0 unspecified atom stereocenters. The normalized spacial score (nSPS) is 16.4. The fourth-order valence-corrected chi connectivity index (χ4v) is 4.89. The Morgan fingerprint density at radius 2 is 2.15 bits per heavy atom. The number of nitrogens with one attached hydrogen (secondary N) is 1. The lowest BCUT2D eigenvalue weighted by Crippen LogP contribution is -2.23. The molecule has 1 aliphatic rings.